The Balaban J connectivity index is 2.41. The highest BCUT2D eigenvalue weighted by Crippen LogP contribution is 2.30. The summed E-state index contributed by atoms with van der Waals surface area (Å²) in [5, 5.41) is 8.60. The molecule has 1 aromatic rings. The number of rotatable bonds is 2. The van der Waals surface area contributed by atoms with Crippen LogP contribution >= 0.6 is 12.6 Å². The van der Waals surface area contributed by atoms with Crippen LogP contribution in [0.5, 0.6) is 0 Å². The molecule has 1 atom stereocenters. The van der Waals surface area contributed by atoms with E-state index in [-0.39, 0.29) is 36.0 Å². The lowest BCUT2D eigenvalue weighted by atomic mass is 10.1. The third-order valence-electron chi connectivity index (χ3n) is 2.88. The number of hydrogen-bond donors (Lipinski definition) is 1. The van der Waals surface area contributed by atoms with Gasteiger partial charge in [0.2, 0.25) is 5.91 Å². The highest BCUT2D eigenvalue weighted by atomic mass is 32.1. The van der Waals surface area contributed by atoms with E-state index in [1.54, 1.807) is 6.07 Å². The monoisotopic (exact) mass is 268 g/mol. The SMILES string of the molecule is N#Cc1cc(F)c(N2CC(CS)CC2=O)c(F)c1. The summed E-state index contributed by atoms with van der Waals surface area (Å²) in [6.07, 6.45) is 0.238. The fraction of sp³-hybridized carbons (Fsp3) is 0.333. The van der Waals surface area contributed by atoms with Gasteiger partial charge in [0.15, 0.2) is 11.6 Å². The zero-order chi connectivity index (χ0) is 13.3. The van der Waals surface area contributed by atoms with Crippen LogP contribution in [0.1, 0.15) is 12.0 Å². The molecule has 94 valence electrons. The molecule has 0 radical (unpaired) electrons. The van der Waals surface area contributed by atoms with Crippen molar-refractivity contribution in [2.75, 3.05) is 17.2 Å². The van der Waals surface area contributed by atoms with E-state index in [1.165, 1.54) is 0 Å². The van der Waals surface area contributed by atoms with Gasteiger partial charge < -0.3 is 4.90 Å². The topological polar surface area (TPSA) is 44.1 Å². The van der Waals surface area contributed by atoms with Gasteiger partial charge in [-0.05, 0) is 23.8 Å². The van der Waals surface area contributed by atoms with Crippen LogP contribution in [0.2, 0.25) is 0 Å². The molecule has 0 aromatic heterocycles. The summed E-state index contributed by atoms with van der Waals surface area (Å²) in [6.45, 7) is 0.252. The van der Waals surface area contributed by atoms with E-state index in [0.29, 0.717) is 5.75 Å². The van der Waals surface area contributed by atoms with Gasteiger partial charge in [0, 0.05) is 13.0 Å². The van der Waals surface area contributed by atoms with E-state index in [1.807, 2.05) is 0 Å². The van der Waals surface area contributed by atoms with Crippen LogP contribution < -0.4 is 4.90 Å². The van der Waals surface area contributed by atoms with E-state index in [0.717, 1.165) is 17.0 Å². The van der Waals surface area contributed by atoms with Crippen molar-refractivity contribution >= 4 is 24.2 Å². The predicted octanol–water partition coefficient (Wildman–Crippen LogP) is 2.12. The lowest BCUT2D eigenvalue weighted by molar-refractivity contribution is -0.117. The molecule has 1 aromatic carbocycles. The van der Waals surface area contributed by atoms with Crippen molar-refractivity contribution in [3.63, 3.8) is 0 Å². The molecule has 1 amide bonds. The Kier molecular flexibility index (Phi) is 3.53. The molecule has 1 unspecified atom stereocenters. The minimum atomic E-state index is -0.889. The molecule has 0 spiro atoms. The van der Waals surface area contributed by atoms with E-state index in [2.05, 4.69) is 12.6 Å². The quantitative estimate of drug-likeness (QED) is 0.835. The first kappa shape index (κ1) is 12.8. The average molecular weight is 268 g/mol. The molecule has 1 aliphatic heterocycles. The van der Waals surface area contributed by atoms with E-state index >= 15 is 0 Å². The van der Waals surface area contributed by atoms with E-state index in [9.17, 15) is 13.6 Å². The van der Waals surface area contributed by atoms with Gasteiger partial charge in [0.05, 0.1) is 11.6 Å². The molecule has 0 bridgehead atoms. The molecule has 1 aliphatic rings. The van der Waals surface area contributed by atoms with Crippen molar-refractivity contribution in [1.82, 2.24) is 0 Å². The first-order valence-corrected chi connectivity index (χ1v) is 6.00. The number of halogens is 2. The largest absolute Gasteiger partial charge is 0.307 e. The molecule has 2 rings (SSSR count). The maximum Gasteiger partial charge on any atom is 0.227 e. The Morgan fingerprint density at radius 3 is 2.50 bits per heavy atom. The van der Waals surface area contributed by atoms with Gasteiger partial charge in [-0.3, -0.25) is 4.79 Å². The number of thiol groups is 1. The fourth-order valence-corrected chi connectivity index (χ4v) is 2.25. The summed E-state index contributed by atoms with van der Waals surface area (Å²) >= 11 is 4.08. The van der Waals surface area contributed by atoms with Gasteiger partial charge in [-0.15, -0.1) is 0 Å². The Labute approximate surface area is 108 Å². The Morgan fingerprint density at radius 2 is 2.06 bits per heavy atom. The lowest BCUT2D eigenvalue weighted by Crippen LogP contribution is -2.27. The molecule has 0 aliphatic carbocycles. The molecule has 0 N–H and O–H groups in total. The average Bonchev–Trinajstić information content (AvgIpc) is 2.70. The van der Waals surface area contributed by atoms with Gasteiger partial charge >= 0.3 is 0 Å². The molecular weight excluding hydrogens is 258 g/mol. The van der Waals surface area contributed by atoms with Crippen LogP contribution in [-0.2, 0) is 4.79 Å². The maximum absolute atomic E-state index is 13.8. The first-order chi connectivity index (χ1) is 8.56. The third kappa shape index (κ3) is 2.18. The second-order valence-electron chi connectivity index (χ2n) is 4.16. The number of hydrogen-bond acceptors (Lipinski definition) is 3. The fourth-order valence-electron chi connectivity index (χ4n) is 2.01. The second kappa shape index (κ2) is 4.94. The van der Waals surface area contributed by atoms with Crippen LogP contribution in [0.4, 0.5) is 14.5 Å². The molecule has 1 saturated heterocycles. The van der Waals surface area contributed by atoms with Crippen LogP contribution in [-0.4, -0.2) is 18.2 Å². The molecule has 0 saturated carbocycles. The summed E-state index contributed by atoms with van der Waals surface area (Å²) in [7, 11) is 0. The van der Waals surface area contributed by atoms with Crippen LogP contribution in [0, 0.1) is 28.9 Å². The van der Waals surface area contributed by atoms with Crippen LogP contribution in [0.3, 0.4) is 0 Å². The third-order valence-corrected chi connectivity index (χ3v) is 3.40. The van der Waals surface area contributed by atoms with Crippen molar-refractivity contribution in [2.24, 2.45) is 5.92 Å². The van der Waals surface area contributed by atoms with Crippen molar-refractivity contribution < 1.29 is 13.6 Å². The number of nitrogens with zero attached hydrogens (tertiary/aromatic N) is 2. The number of anilines is 1. The summed E-state index contributed by atoms with van der Waals surface area (Å²) in [4.78, 5) is 12.8. The van der Waals surface area contributed by atoms with E-state index < -0.39 is 11.6 Å². The van der Waals surface area contributed by atoms with Crippen molar-refractivity contribution in [2.45, 2.75) is 6.42 Å². The zero-order valence-corrected chi connectivity index (χ0v) is 10.3. The summed E-state index contributed by atoms with van der Waals surface area (Å²) in [5.74, 6) is -1.62. The molecule has 1 heterocycles. The highest BCUT2D eigenvalue weighted by molar-refractivity contribution is 7.80. The van der Waals surface area contributed by atoms with Gasteiger partial charge in [0.25, 0.3) is 0 Å². The summed E-state index contributed by atoms with van der Waals surface area (Å²) < 4.78 is 27.5. The highest BCUT2D eigenvalue weighted by Gasteiger charge is 2.33. The zero-order valence-electron chi connectivity index (χ0n) is 9.36. The van der Waals surface area contributed by atoms with Crippen molar-refractivity contribution in [1.29, 1.82) is 5.26 Å². The Bertz CT molecular complexity index is 518. The smallest absolute Gasteiger partial charge is 0.227 e. The van der Waals surface area contributed by atoms with Crippen molar-refractivity contribution in [3.8, 4) is 6.07 Å². The first-order valence-electron chi connectivity index (χ1n) is 5.37. The lowest BCUT2D eigenvalue weighted by Gasteiger charge is -2.18. The molecule has 3 nitrogen and oxygen atoms in total. The van der Waals surface area contributed by atoms with Crippen LogP contribution in [0.25, 0.3) is 0 Å². The Hall–Kier alpha value is -1.61. The molecule has 6 heteroatoms. The Morgan fingerprint density at radius 1 is 1.44 bits per heavy atom. The van der Waals surface area contributed by atoms with Gasteiger partial charge in [0.1, 0.15) is 5.69 Å². The van der Waals surface area contributed by atoms with E-state index in [4.69, 9.17) is 5.26 Å². The number of nitriles is 1. The molecular formula is C12H10F2N2OS. The summed E-state index contributed by atoms with van der Waals surface area (Å²) in [5.41, 5.74) is -0.477. The van der Waals surface area contributed by atoms with Gasteiger partial charge in [-0.25, -0.2) is 8.78 Å². The standard InChI is InChI=1S/C12H10F2N2OS/c13-9-1-7(4-15)2-10(14)12(9)16-5-8(6-18)3-11(16)17/h1-2,8,18H,3,5-6H2. The van der Waals surface area contributed by atoms with Crippen molar-refractivity contribution in [3.05, 3.63) is 29.3 Å². The minimum absolute atomic E-state index is 0.00437. The number of carbonyl (C=O) groups is 1. The predicted molar refractivity (Wildman–Crippen MR) is 65.4 cm³/mol. The normalized spacial score (nSPS) is 19.1. The van der Waals surface area contributed by atoms with Gasteiger partial charge in [-0.1, -0.05) is 0 Å². The number of amides is 1. The maximum atomic E-state index is 13.8. The molecule has 18 heavy (non-hydrogen) atoms. The second-order valence-corrected chi connectivity index (χ2v) is 4.52. The molecule has 1 fully saturated rings. The van der Waals surface area contributed by atoms with Gasteiger partial charge in [-0.2, -0.15) is 17.9 Å². The number of benzene rings is 1. The summed E-state index contributed by atoms with van der Waals surface area (Å²) in [6, 6.07) is 3.52. The minimum Gasteiger partial charge on any atom is -0.307 e. The number of carbonyl (C=O) groups excluding carboxylic acids is 1. The van der Waals surface area contributed by atoms with Crippen LogP contribution in [0.15, 0.2) is 12.1 Å².